The van der Waals surface area contributed by atoms with Crippen LogP contribution >= 0.6 is 12.4 Å². The predicted octanol–water partition coefficient (Wildman–Crippen LogP) is 2.20. The van der Waals surface area contributed by atoms with E-state index >= 15 is 0 Å². The molecule has 0 aliphatic carbocycles. The second-order valence-corrected chi connectivity index (χ2v) is 6.44. The van der Waals surface area contributed by atoms with Crippen molar-refractivity contribution in [1.29, 1.82) is 0 Å². The summed E-state index contributed by atoms with van der Waals surface area (Å²) in [4.78, 5) is 0. The third kappa shape index (κ3) is 5.61. The molecule has 0 fully saturated rings. The highest BCUT2D eigenvalue weighted by Gasteiger charge is 2.46. The van der Waals surface area contributed by atoms with Crippen LogP contribution in [0.3, 0.4) is 0 Å². The van der Waals surface area contributed by atoms with E-state index in [9.17, 15) is 0 Å². The first-order valence-corrected chi connectivity index (χ1v) is 7.58. The molecule has 100 valence electrons. The minimum atomic E-state index is -2.50. The Morgan fingerprint density at radius 1 is 1.00 bits per heavy atom. The number of hydrogen-bond acceptors (Lipinski definition) is 4. The van der Waals surface area contributed by atoms with Gasteiger partial charge in [-0.25, -0.2) is 0 Å². The number of rotatable bonds is 9. The van der Waals surface area contributed by atoms with Crippen molar-refractivity contribution in [2.24, 2.45) is 5.73 Å². The van der Waals surface area contributed by atoms with Gasteiger partial charge >= 0.3 is 8.80 Å². The average Bonchev–Trinajstić information content (AvgIpc) is 2.19. The lowest BCUT2D eigenvalue weighted by atomic mass is 10.3. The summed E-state index contributed by atoms with van der Waals surface area (Å²) in [5, 5.41) is 0. The zero-order valence-corrected chi connectivity index (χ0v) is 12.6. The molecule has 0 bridgehead atoms. The molecule has 0 aliphatic rings. The van der Waals surface area contributed by atoms with E-state index in [1.165, 1.54) is 0 Å². The average molecular weight is 272 g/mol. The lowest BCUT2D eigenvalue weighted by Gasteiger charge is -2.33. The number of nitrogens with two attached hydrogens (primary N) is 1. The normalized spacial score (nSPS) is 13.3. The Labute approximate surface area is 107 Å². The van der Waals surface area contributed by atoms with E-state index in [2.05, 4.69) is 6.92 Å². The molecule has 4 nitrogen and oxygen atoms in total. The van der Waals surface area contributed by atoms with Gasteiger partial charge in [-0.15, -0.1) is 12.4 Å². The van der Waals surface area contributed by atoms with Gasteiger partial charge in [0.15, 0.2) is 0 Å². The third-order valence-electron chi connectivity index (χ3n) is 2.24. The molecular formula is C10H26ClNO3Si. The van der Waals surface area contributed by atoms with Gasteiger partial charge in [-0.1, -0.05) is 6.92 Å². The van der Waals surface area contributed by atoms with Gasteiger partial charge in [0.2, 0.25) is 0 Å². The van der Waals surface area contributed by atoms with Crippen LogP contribution in [0.1, 0.15) is 34.1 Å². The van der Waals surface area contributed by atoms with E-state index in [1.54, 1.807) is 0 Å². The van der Waals surface area contributed by atoms with Crippen molar-refractivity contribution in [1.82, 2.24) is 0 Å². The molecule has 0 aliphatic heterocycles. The van der Waals surface area contributed by atoms with Gasteiger partial charge in [0.1, 0.15) is 0 Å². The van der Waals surface area contributed by atoms with E-state index in [4.69, 9.17) is 19.0 Å². The van der Waals surface area contributed by atoms with Crippen LogP contribution in [0.25, 0.3) is 0 Å². The minimum Gasteiger partial charge on any atom is -0.374 e. The van der Waals surface area contributed by atoms with Gasteiger partial charge in [-0.05, 0) is 33.7 Å². The van der Waals surface area contributed by atoms with Crippen molar-refractivity contribution in [2.45, 2.75) is 39.7 Å². The van der Waals surface area contributed by atoms with Gasteiger partial charge in [0.25, 0.3) is 0 Å². The molecule has 0 saturated carbocycles. The predicted molar refractivity (Wildman–Crippen MR) is 71.0 cm³/mol. The summed E-state index contributed by atoms with van der Waals surface area (Å²) in [5.74, 6) is 0. The van der Waals surface area contributed by atoms with E-state index in [0.29, 0.717) is 26.4 Å². The van der Waals surface area contributed by atoms with E-state index in [-0.39, 0.29) is 17.9 Å². The molecule has 0 radical (unpaired) electrons. The van der Waals surface area contributed by atoms with Crippen LogP contribution in [0, 0.1) is 0 Å². The van der Waals surface area contributed by atoms with Gasteiger partial charge in [-0.2, -0.15) is 0 Å². The Morgan fingerprint density at radius 3 is 1.62 bits per heavy atom. The van der Waals surface area contributed by atoms with Gasteiger partial charge in [0, 0.05) is 25.4 Å². The summed E-state index contributed by atoms with van der Waals surface area (Å²) in [6, 6.07) is 0. The van der Waals surface area contributed by atoms with Crippen molar-refractivity contribution in [3.8, 4) is 0 Å². The fourth-order valence-corrected chi connectivity index (χ4v) is 4.41. The Kier molecular flexibility index (Phi) is 12.3. The lowest BCUT2D eigenvalue weighted by Crippen LogP contribution is -2.50. The van der Waals surface area contributed by atoms with Gasteiger partial charge in [0.05, 0.1) is 0 Å². The molecule has 0 aromatic heterocycles. The molecule has 0 saturated heterocycles. The highest BCUT2D eigenvalue weighted by molar-refractivity contribution is 6.62. The Balaban J connectivity index is 0. The van der Waals surface area contributed by atoms with Crippen molar-refractivity contribution in [3.63, 3.8) is 0 Å². The number of halogens is 1. The van der Waals surface area contributed by atoms with Crippen molar-refractivity contribution in [2.75, 3.05) is 26.4 Å². The van der Waals surface area contributed by atoms with E-state index in [0.717, 1.165) is 6.42 Å². The van der Waals surface area contributed by atoms with Crippen LogP contribution in [0.15, 0.2) is 0 Å². The summed E-state index contributed by atoms with van der Waals surface area (Å²) in [6.45, 7) is 10.5. The topological polar surface area (TPSA) is 53.7 Å². The highest BCUT2D eigenvalue weighted by Crippen LogP contribution is 2.28. The van der Waals surface area contributed by atoms with Crippen LogP contribution in [0.5, 0.6) is 0 Å². The minimum absolute atomic E-state index is 0. The summed E-state index contributed by atoms with van der Waals surface area (Å²) in [7, 11) is -2.50. The second-order valence-electron chi connectivity index (χ2n) is 3.38. The Morgan fingerprint density at radius 2 is 1.38 bits per heavy atom. The molecule has 0 aromatic carbocycles. The van der Waals surface area contributed by atoms with Crippen LogP contribution < -0.4 is 5.73 Å². The Bertz CT molecular complexity index is 146. The maximum absolute atomic E-state index is 5.76. The van der Waals surface area contributed by atoms with E-state index in [1.807, 2.05) is 20.8 Å². The first kappa shape index (κ1) is 18.7. The fraction of sp³-hybridized carbons (Fsp3) is 1.00. The van der Waals surface area contributed by atoms with Crippen molar-refractivity contribution in [3.05, 3.63) is 0 Å². The molecule has 0 spiro atoms. The molecule has 0 amide bonds. The lowest BCUT2D eigenvalue weighted by molar-refractivity contribution is 0.0617. The molecule has 0 heterocycles. The maximum atomic E-state index is 5.76. The zero-order chi connectivity index (χ0) is 11.7. The summed E-state index contributed by atoms with van der Waals surface area (Å²) < 4.78 is 17.3. The zero-order valence-electron chi connectivity index (χ0n) is 10.8. The number of hydrogen-bond donors (Lipinski definition) is 1. The molecule has 1 atom stereocenters. The monoisotopic (exact) mass is 271 g/mol. The molecular weight excluding hydrogens is 246 g/mol. The smallest absolute Gasteiger partial charge is 0.374 e. The van der Waals surface area contributed by atoms with Crippen molar-refractivity contribution >= 4 is 21.2 Å². The highest BCUT2D eigenvalue weighted by atomic mass is 35.5. The summed E-state index contributed by atoms with van der Waals surface area (Å²) in [6.07, 6.45) is 0.881. The molecule has 6 heteroatoms. The third-order valence-corrected chi connectivity index (χ3v) is 5.81. The van der Waals surface area contributed by atoms with E-state index < -0.39 is 8.80 Å². The van der Waals surface area contributed by atoms with Crippen LogP contribution in [-0.4, -0.2) is 35.2 Å². The van der Waals surface area contributed by atoms with Crippen molar-refractivity contribution < 1.29 is 13.3 Å². The molecule has 16 heavy (non-hydrogen) atoms. The van der Waals surface area contributed by atoms with Crippen LogP contribution in [-0.2, 0) is 13.3 Å². The molecule has 0 aromatic rings. The largest absolute Gasteiger partial charge is 0.503 e. The standard InChI is InChI=1S/C10H25NO3Si.ClH/c1-5-12-15(13-6-2,14-7-3)10(4)8-9-11;/h10H,5-9,11H2,1-4H3;1H. The molecule has 0 rings (SSSR count). The van der Waals surface area contributed by atoms with Gasteiger partial charge < -0.3 is 19.0 Å². The molecule has 2 N–H and O–H groups in total. The maximum Gasteiger partial charge on any atom is 0.503 e. The summed E-state index contributed by atoms with van der Waals surface area (Å²) >= 11 is 0. The van der Waals surface area contributed by atoms with Crippen LogP contribution in [0.4, 0.5) is 0 Å². The van der Waals surface area contributed by atoms with Crippen LogP contribution in [0.2, 0.25) is 5.54 Å². The SMILES string of the molecule is CCO[Si](OCC)(OCC)C(C)CCN.Cl. The second kappa shape index (κ2) is 10.5. The summed E-state index contributed by atoms with van der Waals surface area (Å²) in [5.41, 5.74) is 5.84. The quantitative estimate of drug-likeness (QED) is 0.653. The first-order chi connectivity index (χ1) is 7.16. The fourth-order valence-electron chi connectivity index (χ4n) is 1.58. The Hall–Kier alpha value is 0.347. The first-order valence-electron chi connectivity index (χ1n) is 5.78. The molecule has 1 unspecified atom stereocenters. The van der Waals surface area contributed by atoms with Gasteiger partial charge in [-0.3, -0.25) is 0 Å².